The normalized spacial score (nSPS) is 15.9. The van der Waals surface area contributed by atoms with Crippen LogP contribution in [-0.2, 0) is 4.74 Å². The van der Waals surface area contributed by atoms with Crippen molar-refractivity contribution < 1.29 is 9.66 Å². The fraction of sp³-hybridized carbons (Fsp3) is 0.600. The van der Waals surface area contributed by atoms with Crippen molar-refractivity contribution in [2.75, 3.05) is 25.2 Å². The molecule has 0 aliphatic heterocycles. The van der Waals surface area contributed by atoms with E-state index in [1.54, 1.807) is 13.2 Å². The predicted molar refractivity (Wildman–Crippen MR) is 86.9 cm³/mol. The Hall–Kier alpha value is -1.14. The van der Waals surface area contributed by atoms with Crippen LogP contribution in [0.2, 0.25) is 0 Å². The highest BCUT2D eigenvalue weighted by Gasteiger charge is 2.26. The third-order valence-corrected chi connectivity index (χ3v) is 4.49. The molecule has 6 heteroatoms. The number of ether oxygens (including phenoxy) is 1. The quantitative estimate of drug-likeness (QED) is 0.567. The van der Waals surface area contributed by atoms with Gasteiger partial charge in [-0.15, -0.1) is 0 Å². The van der Waals surface area contributed by atoms with Gasteiger partial charge >= 0.3 is 0 Å². The molecule has 116 valence electrons. The fourth-order valence-electron chi connectivity index (χ4n) is 2.97. The van der Waals surface area contributed by atoms with Gasteiger partial charge in [0.2, 0.25) is 0 Å². The van der Waals surface area contributed by atoms with Gasteiger partial charge in [-0.25, -0.2) is 0 Å². The summed E-state index contributed by atoms with van der Waals surface area (Å²) in [6, 6.07) is 5.66. The lowest BCUT2D eigenvalue weighted by Gasteiger charge is -2.35. The van der Waals surface area contributed by atoms with E-state index in [0.717, 1.165) is 17.3 Å². The molecule has 0 N–H and O–H groups in total. The van der Waals surface area contributed by atoms with E-state index in [4.69, 9.17) is 4.74 Å². The molecule has 0 spiro atoms. The van der Waals surface area contributed by atoms with Crippen LogP contribution in [0.3, 0.4) is 0 Å². The summed E-state index contributed by atoms with van der Waals surface area (Å²) >= 11 is 3.31. The van der Waals surface area contributed by atoms with E-state index in [-0.39, 0.29) is 10.6 Å². The van der Waals surface area contributed by atoms with E-state index in [0.29, 0.717) is 24.9 Å². The second-order valence-corrected chi connectivity index (χ2v) is 6.28. The maximum atomic E-state index is 11.4. The zero-order valence-electron chi connectivity index (χ0n) is 12.3. The third-order valence-electron chi connectivity index (χ3n) is 4.00. The molecule has 1 aromatic carbocycles. The molecule has 0 saturated heterocycles. The molecule has 0 aromatic heterocycles. The Labute approximate surface area is 133 Å². The zero-order chi connectivity index (χ0) is 15.2. The van der Waals surface area contributed by atoms with Gasteiger partial charge in [-0.05, 0) is 25.0 Å². The summed E-state index contributed by atoms with van der Waals surface area (Å²) in [7, 11) is 1.66. The lowest BCUT2D eigenvalue weighted by atomic mass is 9.93. The third kappa shape index (κ3) is 4.17. The van der Waals surface area contributed by atoms with Gasteiger partial charge in [0.05, 0.1) is 11.5 Å². The summed E-state index contributed by atoms with van der Waals surface area (Å²) in [4.78, 5) is 13.2. The van der Waals surface area contributed by atoms with Crippen molar-refractivity contribution in [3.8, 4) is 0 Å². The average Bonchev–Trinajstić information content (AvgIpc) is 2.49. The highest BCUT2D eigenvalue weighted by molar-refractivity contribution is 9.10. The van der Waals surface area contributed by atoms with Crippen molar-refractivity contribution in [2.45, 2.75) is 38.1 Å². The van der Waals surface area contributed by atoms with E-state index in [9.17, 15) is 10.1 Å². The van der Waals surface area contributed by atoms with Gasteiger partial charge in [-0.2, -0.15) is 0 Å². The van der Waals surface area contributed by atoms with Gasteiger partial charge < -0.3 is 9.64 Å². The number of anilines is 1. The molecule has 0 bridgehead atoms. The number of nitro benzene ring substituents is 1. The maximum absolute atomic E-state index is 11.4. The van der Waals surface area contributed by atoms with Crippen LogP contribution in [-0.4, -0.2) is 31.2 Å². The van der Waals surface area contributed by atoms with E-state index < -0.39 is 0 Å². The summed E-state index contributed by atoms with van der Waals surface area (Å²) in [5, 5.41) is 11.4. The molecule has 0 unspecified atom stereocenters. The van der Waals surface area contributed by atoms with Crippen LogP contribution in [0.25, 0.3) is 0 Å². The minimum Gasteiger partial charge on any atom is -0.383 e. The SMILES string of the molecule is COCCN(c1ccc(Br)cc1[N+](=O)[O-])C1CCCCC1. The van der Waals surface area contributed by atoms with Crippen LogP contribution >= 0.6 is 15.9 Å². The summed E-state index contributed by atoms with van der Waals surface area (Å²) in [5.74, 6) is 0. The minimum atomic E-state index is -0.303. The van der Waals surface area contributed by atoms with E-state index in [1.165, 1.54) is 19.3 Å². The zero-order valence-corrected chi connectivity index (χ0v) is 13.8. The Morgan fingerprint density at radius 3 is 2.71 bits per heavy atom. The molecule has 0 amide bonds. The Bertz CT molecular complexity index is 490. The number of hydrogen-bond acceptors (Lipinski definition) is 4. The van der Waals surface area contributed by atoms with Crippen molar-refractivity contribution in [3.05, 3.63) is 32.8 Å². The van der Waals surface area contributed by atoms with E-state index >= 15 is 0 Å². The second-order valence-electron chi connectivity index (χ2n) is 5.37. The Kier molecular flexibility index (Phi) is 5.99. The van der Waals surface area contributed by atoms with Crippen molar-refractivity contribution >= 4 is 27.3 Å². The standard InChI is InChI=1S/C15H21BrN2O3/c1-21-10-9-17(13-5-3-2-4-6-13)14-8-7-12(16)11-15(14)18(19)20/h7-8,11,13H,2-6,9-10H2,1H3. The average molecular weight is 357 g/mol. The second kappa shape index (κ2) is 7.75. The van der Waals surface area contributed by atoms with E-state index in [1.807, 2.05) is 12.1 Å². The van der Waals surface area contributed by atoms with Crippen LogP contribution in [0.5, 0.6) is 0 Å². The van der Waals surface area contributed by atoms with Crippen LogP contribution in [0.15, 0.2) is 22.7 Å². The molecule has 5 nitrogen and oxygen atoms in total. The van der Waals surface area contributed by atoms with Crippen molar-refractivity contribution in [3.63, 3.8) is 0 Å². The summed E-state index contributed by atoms with van der Waals surface area (Å²) < 4.78 is 5.92. The van der Waals surface area contributed by atoms with Gasteiger partial charge in [0.25, 0.3) is 5.69 Å². The molecule has 0 radical (unpaired) electrons. The van der Waals surface area contributed by atoms with Gasteiger partial charge in [-0.3, -0.25) is 10.1 Å². The van der Waals surface area contributed by atoms with Crippen LogP contribution in [0.1, 0.15) is 32.1 Å². The number of nitro groups is 1. The first-order chi connectivity index (χ1) is 10.1. The van der Waals surface area contributed by atoms with Crippen molar-refractivity contribution in [1.29, 1.82) is 0 Å². The van der Waals surface area contributed by atoms with Crippen LogP contribution in [0.4, 0.5) is 11.4 Å². The van der Waals surface area contributed by atoms with E-state index in [2.05, 4.69) is 20.8 Å². The molecular weight excluding hydrogens is 336 g/mol. The van der Waals surface area contributed by atoms with Crippen LogP contribution in [0, 0.1) is 10.1 Å². The Balaban J connectivity index is 2.32. The lowest BCUT2D eigenvalue weighted by Crippen LogP contribution is -2.39. The first kappa shape index (κ1) is 16.2. The topological polar surface area (TPSA) is 55.6 Å². The minimum absolute atomic E-state index is 0.158. The van der Waals surface area contributed by atoms with Gasteiger partial charge in [-0.1, -0.05) is 35.2 Å². The Morgan fingerprint density at radius 2 is 2.10 bits per heavy atom. The maximum Gasteiger partial charge on any atom is 0.293 e. The molecule has 0 atom stereocenters. The number of hydrogen-bond donors (Lipinski definition) is 0. The summed E-state index contributed by atoms with van der Waals surface area (Å²) in [6.45, 7) is 1.26. The molecule has 21 heavy (non-hydrogen) atoms. The summed E-state index contributed by atoms with van der Waals surface area (Å²) in [5.41, 5.74) is 0.859. The molecule has 1 fully saturated rings. The summed E-state index contributed by atoms with van der Waals surface area (Å²) in [6.07, 6.45) is 5.84. The monoisotopic (exact) mass is 356 g/mol. The molecule has 2 rings (SSSR count). The molecule has 1 saturated carbocycles. The molecule has 0 heterocycles. The first-order valence-corrected chi connectivity index (χ1v) is 8.12. The highest BCUT2D eigenvalue weighted by Crippen LogP contribution is 2.35. The number of benzene rings is 1. The molecular formula is C15H21BrN2O3. The molecule has 1 aromatic rings. The van der Waals surface area contributed by atoms with Crippen LogP contribution < -0.4 is 4.90 Å². The molecule has 1 aliphatic rings. The smallest absolute Gasteiger partial charge is 0.293 e. The van der Waals surface area contributed by atoms with Gasteiger partial charge in [0, 0.05) is 30.2 Å². The highest BCUT2D eigenvalue weighted by atomic mass is 79.9. The number of halogens is 1. The van der Waals surface area contributed by atoms with Gasteiger partial charge in [0.15, 0.2) is 0 Å². The van der Waals surface area contributed by atoms with Crippen molar-refractivity contribution in [2.24, 2.45) is 0 Å². The fourth-order valence-corrected chi connectivity index (χ4v) is 3.32. The van der Waals surface area contributed by atoms with Crippen molar-refractivity contribution in [1.82, 2.24) is 0 Å². The number of methoxy groups -OCH3 is 1. The lowest BCUT2D eigenvalue weighted by molar-refractivity contribution is -0.384. The predicted octanol–water partition coefficient (Wildman–Crippen LogP) is 4.14. The van der Waals surface area contributed by atoms with Gasteiger partial charge in [0.1, 0.15) is 5.69 Å². The molecule has 1 aliphatic carbocycles. The Morgan fingerprint density at radius 1 is 1.38 bits per heavy atom. The number of rotatable bonds is 6. The largest absolute Gasteiger partial charge is 0.383 e. The number of nitrogens with zero attached hydrogens (tertiary/aromatic N) is 2. The first-order valence-electron chi connectivity index (χ1n) is 7.33.